The molecule has 0 unspecified atom stereocenters. The van der Waals surface area contributed by atoms with Gasteiger partial charge in [0.1, 0.15) is 5.82 Å². The molecule has 0 aliphatic heterocycles. The Morgan fingerprint density at radius 1 is 1.38 bits per heavy atom. The predicted molar refractivity (Wildman–Crippen MR) is 50.6 cm³/mol. The van der Waals surface area contributed by atoms with Crippen molar-refractivity contribution in [2.45, 2.75) is 37.7 Å². The number of methoxy groups -OCH3 is 1. The second-order valence-corrected chi connectivity index (χ2v) is 3.68. The molecule has 0 radical (unpaired) electrons. The Morgan fingerprint density at radius 2 is 2.15 bits per heavy atom. The molecule has 3 nitrogen and oxygen atoms in total. The molecule has 0 amide bonds. The van der Waals surface area contributed by atoms with Gasteiger partial charge in [-0.05, 0) is 25.7 Å². The fraction of sp³-hybridized carbons (Fsp3) is 0.700. The number of hydrogen-bond acceptors (Lipinski definition) is 2. The topological polar surface area (TPSA) is 37.9 Å². The lowest BCUT2D eigenvalue weighted by Crippen LogP contribution is -2.19. The lowest BCUT2D eigenvalue weighted by atomic mass is 9.87. The van der Waals surface area contributed by atoms with Crippen LogP contribution in [0.1, 0.15) is 37.4 Å². The molecule has 1 N–H and O–H groups in total. The van der Waals surface area contributed by atoms with E-state index in [0.717, 1.165) is 5.82 Å². The average Bonchev–Trinajstić information content (AvgIpc) is 2.71. The summed E-state index contributed by atoms with van der Waals surface area (Å²) in [4.78, 5) is 7.48. The zero-order chi connectivity index (χ0) is 9.10. The van der Waals surface area contributed by atoms with Gasteiger partial charge in [-0.25, -0.2) is 4.98 Å². The van der Waals surface area contributed by atoms with Gasteiger partial charge in [-0.1, -0.05) is 0 Å². The van der Waals surface area contributed by atoms with Crippen LogP contribution in [0.25, 0.3) is 0 Å². The van der Waals surface area contributed by atoms with Gasteiger partial charge in [0, 0.05) is 25.4 Å². The van der Waals surface area contributed by atoms with Crippen LogP contribution in [-0.2, 0) is 4.74 Å². The Kier molecular flexibility index (Phi) is 2.64. The molecule has 1 fully saturated rings. The molecular formula is C10H16N2O. The van der Waals surface area contributed by atoms with Crippen molar-refractivity contribution in [3.63, 3.8) is 0 Å². The van der Waals surface area contributed by atoms with E-state index in [1.807, 2.05) is 12.4 Å². The average molecular weight is 180 g/mol. The van der Waals surface area contributed by atoms with Gasteiger partial charge in [0.2, 0.25) is 0 Å². The molecule has 1 aromatic heterocycles. The van der Waals surface area contributed by atoms with Crippen molar-refractivity contribution in [2.24, 2.45) is 0 Å². The van der Waals surface area contributed by atoms with Crippen LogP contribution in [0.15, 0.2) is 12.4 Å². The fourth-order valence-corrected chi connectivity index (χ4v) is 2.07. The summed E-state index contributed by atoms with van der Waals surface area (Å²) in [6.07, 6.45) is 8.95. The van der Waals surface area contributed by atoms with Gasteiger partial charge in [0.15, 0.2) is 0 Å². The van der Waals surface area contributed by atoms with Crippen molar-refractivity contribution in [3.8, 4) is 0 Å². The van der Waals surface area contributed by atoms with Gasteiger partial charge in [0.25, 0.3) is 0 Å². The van der Waals surface area contributed by atoms with E-state index in [0.29, 0.717) is 12.0 Å². The number of nitrogens with zero attached hydrogens (tertiary/aromatic N) is 1. The number of H-pyrrole nitrogens is 1. The van der Waals surface area contributed by atoms with Crippen LogP contribution in [0, 0.1) is 0 Å². The minimum absolute atomic E-state index is 0.478. The monoisotopic (exact) mass is 180 g/mol. The van der Waals surface area contributed by atoms with Gasteiger partial charge >= 0.3 is 0 Å². The first-order valence-corrected chi connectivity index (χ1v) is 4.92. The standard InChI is InChI=1S/C10H16N2O/c1-13-9-4-2-8(3-5-9)10-11-6-7-12-10/h6-9H,2-5H2,1H3,(H,11,12). The Hall–Kier alpha value is -0.830. The molecule has 0 atom stereocenters. The molecule has 1 heterocycles. The van der Waals surface area contributed by atoms with E-state index in [4.69, 9.17) is 4.74 Å². The van der Waals surface area contributed by atoms with Crippen molar-refractivity contribution in [1.82, 2.24) is 9.97 Å². The second kappa shape index (κ2) is 3.92. The molecule has 72 valence electrons. The molecule has 0 spiro atoms. The smallest absolute Gasteiger partial charge is 0.109 e. The number of hydrogen-bond donors (Lipinski definition) is 1. The Morgan fingerprint density at radius 3 is 2.69 bits per heavy atom. The van der Waals surface area contributed by atoms with Crippen molar-refractivity contribution in [1.29, 1.82) is 0 Å². The van der Waals surface area contributed by atoms with Gasteiger partial charge < -0.3 is 9.72 Å². The van der Waals surface area contributed by atoms with Gasteiger partial charge in [-0.3, -0.25) is 0 Å². The van der Waals surface area contributed by atoms with E-state index in [2.05, 4.69) is 9.97 Å². The Balaban J connectivity index is 1.92. The first-order valence-electron chi connectivity index (χ1n) is 4.92. The van der Waals surface area contributed by atoms with Gasteiger partial charge in [0.05, 0.1) is 6.10 Å². The lowest BCUT2D eigenvalue weighted by Gasteiger charge is -2.26. The molecule has 1 saturated carbocycles. The predicted octanol–water partition coefficient (Wildman–Crippen LogP) is 2.08. The molecule has 1 aliphatic rings. The van der Waals surface area contributed by atoms with Crippen LogP contribution in [0.3, 0.4) is 0 Å². The third-order valence-electron chi connectivity index (χ3n) is 2.91. The fourth-order valence-electron chi connectivity index (χ4n) is 2.07. The van der Waals surface area contributed by atoms with Crippen LogP contribution < -0.4 is 0 Å². The SMILES string of the molecule is COC1CCC(c2ncc[nH]2)CC1. The van der Waals surface area contributed by atoms with E-state index < -0.39 is 0 Å². The number of aromatic nitrogens is 2. The summed E-state index contributed by atoms with van der Waals surface area (Å²) in [7, 11) is 1.80. The first kappa shape index (κ1) is 8.75. The summed E-state index contributed by atoms with van der Waals surface area (Å²) in [6, 6.07) is 0. The second-order valence-electron chi connectivity index (χ2n) is 3.68. The van der Waals surface area contributed by atoms with Gasteiger partial charge in [-0.2, -0.15) is 0 Å². The van der Waals surface area contributed by atoms with Crippen LogP contribution >= 0.6 is 0 Å². The molecule has 1 aliphatic carbocycles. The third kappa shape index (κ3) is 1.91. The van der Waals surface area contributed by atoms with Crippen LogP contribution in [0.4, 0.5) is 0 Å². The summed E-state index contributed by atoms with van der Waals surface area (Å²) in [6.45, 7) is 0. The normalized spacial score (nSPS) is 29.0. The van der Waals surface area contributed by atoms with Crippen molar-refractivity contribution in [3.05, 3.63) is 18.2 Å². The maximum absolute atomic E-state index is 5.33. The number of ether oxygens (including phenoxy) is 1. The summed E-state index contributed by atoms with van der Waals surface area (Å²) >= 11 is 0. The molecule has 3 heteroatoms. The van der Waals surface area contributed by atoms with E-state index >= 15 is 0 Å². The summed E-state index contributed by atoms with van der Waals surface area (Å²) < 4.78 is 5.33. The number of rotatable bonds is 2. The largest absolute Gasteiger partial charge is 0.381 e. The number of aromatic amines is 1. The minimum Gasteiger partial charge on any atom is -0.381 e. The third-order valence-corrected chi connectivity index (χ3v) is 2.91. The molecule has 1 aromatic rings. The summed E-state index contributed by atoms with van der Waals surface area (Å²) in [5.41, 5.74) is 0. The van der Waals surface area contributed by atoms with Crippen LogP contribution in [0.5, 0.6) is 0 Å². The number of imidazole rings is 1. The minimum atomic E-state index is 0.478. The molecule has 0 bridgehead atoms. The summed E-state index contributed by atoms with van der Waals surface area (Å²) in [5.74, 6) is 1.77. The molecular weight excluding hydrogens is 164 g/mol. The molecule has 13 heavy (non-hydrogen) atoms. The van der Waals surface area contributed by atoms with E-state index in [1.165, 1.54) is 25.7 Å². The highest BCUT2D eigenvalue weighted by atomic mass is 16.5. The van der Waals surface area contributed by atoms with E-state index in [9.17, 15) is 0 Å². The van der Waals surface area contributed by atoms with E-state index in [1.54, 1.807) is 7.11 Å². The highest BCUT2D eigenvalue weighted by Gasteiger charge is 2.23. The Labute approximate surface area is 78.5 Å². The van der Waals surface area contributed by atoms with Crippen molar-refractivity contribution < 1.29 is 4.74 Å². The zero-order valence-corrected chi connectivity index (χ0v) is 7.99. The first-order chi connectivity index (χ1) is 6.40. The Bertz CT molecular complexity index is 237. The zero-order valence-electron chi connectivity index (χ0n) is 7.99. The van der Waals surface area contributed by atoms with E-state index in [-0.39, 0.29) is 0 Å². The highest BCUT2D eigenvalue weighted by molar-refractivity contribution is 4.98. The maximum atomic E-state index is 5.33. The lowest BCUT2D eigenvalue weighted by molar-refractivity contribution is 0.0652. The van der Waals surface area contributed by atoms with Crippen LogP contribution in [-0.4, -0.2) is 23.2 Å². The number of nitrogens with one attached hydrogen (secondary N) is 1. The molecule has 0 aromatic carbocycles. The van der Waals surface area contributed by atoms with Crippen LogP contribution in [0.2, 0.25) is 0 Å². The summed E-state index contributed by atoms with van der Waals surface area (Å²) in [5, 5.41) is 0. The van der Waals surface area contributed by atoms with Gasteiger partial charge in [-0.15, -0.1) is 0 Å². The van der Waals surface area contributed by atoms with Crippen molar-refractivity contribution in [2.75, 3.05) is 7.11 Å². The highest BCUT2D eigenvalue weighted by Crippen LogP contribution is 2.31. The van der Waals surface area contributed by atoms with Crippen molar-refractivity contribution >= 4 is 0 Å². The molecule has 2 rings (SSSR count). The maximum Gasteiger partial charge on any atom is 0.109 e. The quantitative estimate of drug-likeness (QED) is 0.756. The molecule has 0 saturated heterocycles.